The first-order valence-electron chi connectivity index (χ1n) is 5.93. The van der Waals surface area contributed by atoms with Crippen molar-refractivity contribution in [3.8, 4) is 5.75 Å². The van der Waals surface area contributed by atoms with Gasteiger partial charge in [-0.05, 0) is 31.2 Å². The monoisotopic (exact) mass is 260 g/mol. The lowest BCUT2D eigenvalue weighted by Gasteiger charge is -2.07. The van der Waals surface area contributed by atoms with Crippen LogP contribution in [-0.4, -0.2) is 22.3 Å². The molecule has 0 fully saturated rings. The van der Waals surface area contributed by atoms with E-state index < -0.39 is 0 Å². The van der Waals surface area contributed by atoms with E-state index in [9.17, 15) is 4.79 Å². The molecule has 100 valence electrons. The highest BCUT2D eigenvalue weighted by molar-refractivity contribution is 5.94. The normalized spacial score (nSPS) is 10.2. The molecule has 0 aliphatic carbocycles. The van der Waals surface area contributed by atoms with Crippen molar-refractivity contribution in [1.29, 1.82) is 0 Å². The third kappa shape index (κ3) is 3.56. The van der Waals surface area contributed by atoms with Gasteiger partial charge in [0.25, 0.3) is 5.91 Å². The number of aryl methyl sites for hydroxylation is 1. The molecule has 0 atom stereocenters. The first-order chi connectivity index (χ1) is 9.19. The van der Waals surface area contributed by atoms with Gasteiger partial charge in [-0.1, -0.05) is 6.07 Å². The van der Waals surface area contributed by atoms with Gasteiger partial charge < -0.3 is 4.74 Å². The van der Waals surface area contributed by atoms with Crippen LogP contribution in [0, 0.1) is 6.92 Å². The smallest absolute Gasteiger partial charge is 0.265 e. The van der Waals surface area contributed by atoms with Crippen molar-refractivity contribution in [3.63, 3.8) is 0 Å². The zero-order valence-electron chi connectivity index (χ0n) is 10.7. The molecule has 0 bridgehead atoms. The lowest BCUT2D eigenvalue weighted by molar-refractivity contribution is 0.0953. The van der Waals surface area contributed by atoms with Gasteiger partial charge in [0, 0.05) is 11.8 Å². The van der Waals surface area contributed by atoms with Crippen LogP contribution >= 0.6 is 0 Å². The number of ether oxygens (including phenoxy) is 1. The Morgan fingerprint density at radius 2 is 2.32 bits per heavy atom. The van der Waals surface area contributed by atoms with Gasteiger partial charge in [-0.2, -0.15) is 5.10 Å². The second-order valence-corrected chi connectivity index (χ2v) is 4.07. The predicted molar refractivity (Wildman–Crippen MR) is 70.6 cm³/mol. The number of nitrogens with one attached hydrogen (secondary N) is 1. The molecule has 2 rings (SSSR count). The number of nitrogens with two attached hydrogens (primary N) is 1. The molecule has 0 spiro atoms. The maximum Gasteiger partial charge on any atom is 0.265 e. The predicted octanol–water partition coefficient (Wildman–Crippen LogP) is 0.874. The molecule has 1 heterocycles. The van der Waals surface area contributed by atoms with E-state index in [-0.39, 0.29) is 5.91 Å². The summed E-state index contributed by atoms with van der Waals surface area (Å²) in [4.78, 5) is 11.4. The van der Waals surface area contributed by atoms with Crippen LogP contribution in [0.2, 0.25) is 0 Å². The van der Waals surface area contributed by atoms with Gasteiger partial charge in [0.2, 0.25) is 0 Å². The second kappa shape index (κ2) is 6.01. The highest BCUT2D eigenvalue weighted by Gasteiger charge is 2.04. The van der Waals surface area contributed by atoms with E-state index in [1.807, 2.05) is 23.9 Å². The van der Waals surface area contributed by atoms with Gasteiger partial charge in [0.15, 0.2) is 0 Å². The summed E-state index contributed by atoms with van der Waals surface area (Å²) in [6.07, 6.45) is 1.90. The summed E-state index contributed by atoms with van der Waals surface area (Å²) in [5.41, 5.74) is 3.53. The van der Waals surface area contributed by atoms with E-state index in [1.165, 1.54) is 0 Å². The number of nitrogen functional groups attached to an aromatic ring is 1. The number of rotatable bonds is 5. The Morgan fingerprint density at radius 3 is 3.00 bits per heavy atom. The van der Waals surface area contributed by atoms with Crippen molar-refractivity contribution in [1.82, 2.24) is 15.2 Å². The van der Waals surface area contributed by atoms with Crippen LogP contribution in [0.3, 0.4) is 0 Å². The quantitative estimate of drug-likeness (QED) is 0.475. The Bertz CT molecular complexity index is 565. The Kier molecular flexibility index (Phi) is 4.15. The second-order valence-electron chi connectivity index (χ2n) is 4.07. The molecule has 0 aliphatic rings. The van der Waals surface area contributed by atoms with E-state index in [0.29, 0.717) is 24.5 Å². The SMILES string of the molecule is Cc1ccn(CCOc2cccc(C(=O)NN)c2)n1. The number of aromatic nitrogens is 2. The minimum atomic E-state index is -0.340. The first kappa shape index (κ1) is 13.1. The van der Waals surface area contributed by atoms with Gasteiger partial charge >= 0.3 is 0 Å². The van der Waals surface area contributed by atoms with Gasteiger partial charge in [-0.3, -0.25) is 14.9 Å². The van der Waals surface area contributed by atoms with Crippen LogP contribution in [-0.2, 0) is 6.54 Å². The molecule has 0 unspecified atom stereocenters. The molecule has 0 saturated heterocycles. The third-order valence-electron chi connectivity index (χ3n) is 2.59. The Balaban J connectivity index is 1.90. The topological polar surface area (TPSA) is 82.2 Å². The van der Waals surface area contributed by atoms with Crippen LogP contribution in [0.15, 0.2) is 36.5 Å². The summed E-state index contributed by atoms with van der Waals surface area (Å²) in [6, 6.07) is 8.80. The van der Waals surface area contributed by atoms with Crippen molar-refractivity contribution < 1.29 is 9.53 Å². The number of hydrogen-bond acceptors (Lipinski definition) is 4. The van der Waals surface area contributed by atoms with Crippen molar-refractivity contribution in [2.24, 2.45) is 5.84 Å². The van der Waals surface area contributed by atoms with Crippen LogP contribution in [0.1, 0.15) is 16.1 Å². The molecule has 6 nitrogen and oxygen atoms in total. The van der Waals surface area contributed by atoms with Crippen LogP contribution in [0.25, 0.3) is 0 Å². The Morgan fingerprint density at radius 1 is 1.47 bits per heavy atom. The first-order valence-corrected chi connectivity index (χ1v) is 5.93. The summed E-state index contributed by atoms with van der Waals surface area (Å²) in [6.45, 7) is 3.07. The van der Waals surface area contributed by atoms with Crippen LogP contribution in [0.5, 0.6) is 5.75 Å². The number of hydrazine groups is 1. The molecule has 0 aliphatic heterocycles. The lowest BCUT2D eigenvalue weighted by Crippen LogP contribution is -2.29. The van der Waals surface area contributed by atoms with Gasteiger partial charge in [0.1, 0.15) is 12.4 Å². The van der Waals surface area contributed by atoms with E-state index in [0.717, 1.165) is 5.69 Å². The van der Waals surface area contributed by atoms with Gasteiger partial charge in [-0.15, -0.1) is 0 Å². The molecule has 6 heteroatoms. The minimum absolute atomic E-state index is 0.340. The molecule has 2 aromatic rings. The number of carbonyl (C=O) groups excluding carboxylic acids is 1. The van der Waals surface area contributed by atoms with Crippen molar-refractivity contribution in [3.05, 3.63) is 47.8 Å². The molecular weight excluding hydrogens is 244 g/mol. The number of carbonyl (C=O) groups is 1. The molecule has 1 aromatic heterocycles. The highest BCUT2D eigenvalue weighted by Crippen LogP contribution is 2.13. The van der Waals surface area contributed by atoms with Gasteiger partial charge in [0.05, 0.1) is 12.2 Å². The van der Waals surface area contributed by atoms with Crippen molar-refractivity contribution in [2.45, 2.75) is 13.5 Å². The number of nitrogens with zero attached hydrogens (tertiary/aromatic N) is 2. The number of benzene rings is 1. The molecular formula is C13H16N4O2. The zero-order chi connectivity index (χ0) is 13.7. The maximum absolute atomic E-state index is 11.4. The van der Waals surface area contributed by atoms with E-state index in [2.05, 4.69) is 10.5 Å². The number of hydrogen-bond donors (Lipinski definition) is 2. The molecule has 3 N–H and O–H groups in total. The zero-order valence-corrected chi connectivity index (χ0v) is 10.7. The standard InChI is InChI=1S/C13H16N4O2/c1-10-5-6-17(16-10)7-8-19-12-4-2-3-11(9-12)13(18)15-14/h2-6,9H,7-8,14H2,1H3,(H,15,18). The summed E-state index contributed by atoms with van der Waals surface area (Å²) in [5, 5.41) is 4.26. The molecule has 0 saturated carbocycles. The van der Waals surface area contributed by atoms with E-state index in [4.69, 9.17) is 10.6 Å². The highest BCUT2D eigenvalue weighted by atomic mass is 16.5. The van der Waals surface area contributed by atoms with E-state index in [1.54, 1.807) is 24.3 Å². The largest absolute Gasteiger partial charge is 0.492 e. The fraction of sp³-hybridized carbons (Fsp3) is 0.231. The van der Waals surface area contributed by atoms with Gasteiger partial charge in [-0.25, -0.2) is 5.84 Å². The Labute approximate surface area is 111 Å². The molecule has 1 aromatic carbocycles. The lowest BCUT2D eigenvalue weighted by atomic mass is 10.2. The average Bonchev–Trinajstić information content (AvgIpc) is 2.84. The average molecular weight is 260 g/mol. The fourth-order valence-electron chi connectivity index (χ4n) is 1.66. The Hall–Kier alpha value is -2.34. The van der Waals surface area contributed by atoms with Crippen molar-refractivity contribution >= 4 is 5.91 Å². The number of amides is 1. The maximum atomic E-state index is 11.4. The summed E-state index contributed by atoms with van der Waals surface area (Å²) < 4.78 is 7.38. The summed E-state index contributed by atoms with van der Waals surface area (Å²) in [5.74, 6) is 5.37. The third-order valence-corrected chi connectivity index (χ3v) is 2.59. The minimum Gasteiger partial charge on any atom is -0.492 e. The van der Waals surface area contributed by atoms with Crippen LogP contribution < -0.4 is 16.0 Å². The van der Waals surface area contributed by atoms with Crippen LogP contribution in [0.4, 0.5) is 0 Å². The molecule has 19 heavy (non-hydrogen) atoms. The molecule has 0 radical (unpaired) electrons. The van der Waals surface area contributed by atoms with E-state index >= 15 is 0 Å². The molecule has 1 amide bonds. The summed E-state index contributed by atoms with van der Waals surface area (Å²) in [7, 11) is 0. The fourth-order valence-corrected chi connectivity index (χ4v) is 1.66. The summed E-state index contributed by atoms with van der Waals surface area (Å²) >= 11 is 0. The van der Waals surface area contributed by atoms with Crippen molar-refractivity contribution in [2.75, 3.05) is 6.61 Å².